The molecule has 1 rings (SSSR count). The van der Waals surface area contributed by atoms with Crippen molar-refractivity contribution in [3.63, 3.8) is 0 Å². The van der Waals surface area contributed by atoms with Gasteiger partial charge in [-0.2, -0.15) is 0 Å². The van der Waals surface area contributed by atoms with Crippen molar-refractivity contribution in [2.75, 3.05) is 7.11 Å². The highest BCUT2D eigenvalue weighted by Crippen LogP contribution is 2.25. The van der Waals surface area contributed by atoms with Crippen molar-refractivity contribution in [1.82, 2.24) is 0 Å². The molecule has 1 aromatic rings. The highest BCUT2D eigenvalue weighted by Gasteiger charge is 2.09. The summed E-state index contributed by atoms with van der Waals surface area (Å²) in [5.41, 5.74) is 7.09. The molecule has 1 aromatic carbocycles. The molecule has 0 spiro atoms. The fraction of sp³-hybridized carbons (Fsp3) is 0.538. The van der Waals surface area contributed by atoms with Crippen molar-refractivity contribution >= 4 is 15.9 Å². The number of rotatable bonds is 5. The fourth-order valence-corrected chi connectivity index (χ4v) is 2.34. The normalized spacial score (nSPS) is 14.6. The molecule has 0 aromatic heterocycles. The van der Waals surface area contributed by atoms with Crippen LogP contribution in [0.4, 0.5) is 0 Å². The smallest absolute Gasteiger partial charge is 0.119 e. The Labute approximate surface area is 106 Å². The average Bonchev–Trinajstić information content (AvgIpc) is 2.20. The summed E-state index contributed by atoms with van der Waals surface area (Å²) in [6, 6.07) is 6.34. The number of hydrogen-bond acceptors (Lipinski definition) is 2. The van der Waals surface area contributed by atoms with Gasteiger partial charge in [-0.15, -0.1) is 0 Å². The SMILES string of the molecule is COc1ccc(Br)c(CC(C)CC(C)N)c1. The average molecular weight is 286 g/mol. The number of benzene rings is 1. The van der Waals surface area contributed by atoms with E-state index in [0.717, 1.165) is 23.1 Å². The van der Waals surface area contributed by atoms with Gasteiger partial charge < -0.3 is 10.5 Å². The summed E-state index contributed by atoms with van der Waals surface area (Å²) in [5, 5.41) is 0. The van der Waals surface area contributed by atoms with Crippen molar-refractivity contribution in [3.05, 3.63) is 28.2 Å². The Kier molecular flexibility index (Phi) is 5.29. The van der Waals surface area contributed by atoms with E-state index in [4.69, 9.17) is 10.5 Å². The van der Waals surface area contributed by atoms with Crippen LogP contribution in [0.25, 0.3) is 0 Å². The monoisotopic (exact) mass is 285 g/mol. The standard InChI is InChI=1S/C13H20BrNO/c1-9(6-10(2)15)7-11-8-12(16-3)4-5-13(11)14/h4-5,8-10H,6-7,15H2,1-3H3. The van der Waals surface area contributed by atoms with Crippen LogP contribution in [-0.4, -0.2) is 13.2 Å². The highest BCUT2D eigenvalue weighted by atomic mass is 79.9. The van der Waals surface area contributed by atoms with Crippen LogP contribution in [0, 0.1) is 5.92 Å². The fourth-order valence-electron chi connectivity index (χ4n) is 1.93. The quantitative estimate of drug-likeness (QED) is 0.900. The predicted octanol–water partition coefficient (Wildman–Crippen LogP) is 3.37. The zero-order chi connectivity index (χ0) is 12.1. The number of halogens is 1. The number of methoxy groups -OCH3 is 1. The van der Waals surface area contributed by atoms with Crippen molar-refractivity contribution < 1.29 is 4.74 Å². The van der Waals surface area contributed by atoms with E-state index in [2.05, 4.69) is 35.8 Å². The van der Waals surface area contributed by atoms with Crippen LogP contribution in [0.5, 0.6) is 5.75 Å². The molecule has 90 valence electrons. The van der Waals surface area contributed by atoms with Crippen molar-refractivity contribution in [2.45, 2.75) is 32.7 Å². The van der Waals surface area contributed by atoms with Gasteiger partial charge in [-0.1, -0.05) is 22.9 Å². The lowest BCUT2D eigenvalue weighted by Crippen LogP contribution is -2.19. The van der Waals surface area contributed by atoms with Gasteiger partial charge in [-0.05, 0) is 49.4 Å². The predicted molar refractivity (Wildman–Crippen MR) is 71.8 cm³/mol. The van der Waals surface area contributed by atoms with Crippen LogP contribution in [0.2, 0.25) is 0 Å². The molecule has 0 amide bonds. The third kappa shape index (κ3) is 4.14. The molecule has 2 unspecified atom stereocenters. The van der Waals surface area contributed by atoms with Gasteiger partial charge in [0.1, 0.15) is 5.75 Å². The van der Waals surface area contributed by atoms with Gasteiger partial charge in [0.05, 0.1) is 7.11 Å². The van der Waals surface area contributed by atoms with E-state index in [1.165, 1.54) is 5.56 Å². The van der Waals surface area contributed by atoms with E-state index in [-0.39, 0.29) is 6.04 Å². The summed E-state index contributed by atoms with van der Waals surface area (Å²) in [6.45, 7) is 4.28. The van der Waals surface area contributed by atoms with E-state index >= 15 is 0 Å². The van der Waals surface area contributed by atoms with Crippen molar-refractivity contribution in [2.24, 2.45) is 11.7 Å². The zero-order valence-corrected chi connectivity index (χ0v) is 11.8. The molecule has 0 heterocycles. The molecular formula is C13H20BrNO. The lowest BCUT2D eigenvalue weighted by Gasteiger charge is -2.15. The number of hydrogen-bond donors (Lipinski definition) is 1. The number of ether oxygens (including phenoxy) is 1. The minimum Gasteiger partial charge on any atom is -0.497 e. The molecule has 0 aliphatic rings. The molecule has 0 saturated carbocycles. The topological polar surface area (TPSA) is 35.2 Å². The first-order chi connectivity index (χ1) is 7.52. The molecule has 0 fully saturated rings. The van der Waals surface area contributed by atoms with Crippen LogP contribution in [0.1, 0.15) is 25.8 Å². The largest absolute Gasteiger partial charge is 0.497 e. The summed E-state index contributed by atoms with van der Waals surface area (Å²) >= 11 is 3.57. The summed E-state index contributed by atoms with van der Waals surface area (Å²) in [6.07, 6.45) is 2.07. The van der Waals surface area contributed by atoms with Gasteiger partial charge in [-0.25, -0.2) is 0 Å². The summed E-state index contributed by atoms with van der Waals surface area (Å²) in [7, 11) is 1.69. The molecule has 2 atom stereocenters. The zero-order valence-electron chi connectivity index (χ0n) is 10.2. The summed E-state index contributed by atoms with van der Waals surface area (Å²) < 4.78 is 6.37. The Morgan fingerprint density at radius 1 is 1.38 bits per heavy atom. The van der Waals surface area contributed by atoms with Crippen LogP contribution < -0.4 is 10.5 Å². The van der Waals surface area contributed by atoms with Gasteiger partial charge >= 0.3 is 0 Å². The van der Waals surface area contributed by atoms with Crippen molar-refractivity contribution in [3.8, 4) is 5.75 Å². The maximum atomic E-state index is 5.80. The van der Waals surface area contributed by atoms with E-state index in [0.29, 0.717) is 5.92 Å². The second-order valence-corrected chi connectivity index (χ2v) is 5.33. The lowest BCUT2D eigenvalue weighted by molar-refractivity contribution is 0.413. The summed E-state index contributed by atoms with van der Waals surface area (Å²) in [4.78, 5) is 0. The first kappa shape index (κ1) is 13.5. The first-order valence-corrected chi connectivity index (χ1v) is 6.40. The van der Waals surface area contributed by atoms with Gasteiger partial charge in [0, 0.05) is 10.5 Å². The summed E-state index contributed by atoms with van der Waals surface area (Å²) in [5.74, 6) is 1.50. The van der Waals surface area contributed by atoms with Crippen LogP contribution in [-0.2, 0) is 6.42 Å². The highest BCUT2D eigenvalue weighted by molar-refractivity contribution is 9.10. The first-order valence-electron chi connectivity index (χ1n) is 5.61. The molecule has 2 nitrogen and oxygen atoms in total. The van der Waals surface area contributed by atoms with E-state index in [1.807, 2.05) is 12.1 Å². The maximum absolute atomic E-state index is 5.80. The van der Waals surface area contributed by atoms with Gasteiger partial charge in [-0.3, -0.25) is 0 Å². The second-order valence-electron chi connectivity index (χ2n) is 4.48. The number of nitrogens with two attached hydrogens (primary N) is 1. The van der Waals surface area contributed by atoms with Gasteiger partial charge in [0.25, 0.3) is 0 Å². The van der Waals surface area contributed by atoms with Gasteiger partial charge in [0.2, 0.25) is 0 Å². The van der Waals surface area contributed by atoms with E-state index < -0.39 is 0 Å². The third-order valence-electron chi connectivity index (χ3n) is 2.60. The maximum Gasteiger partial charge on any atom is 0.119 e. The Hall–Kier alpha value is -0.540. The Balaban J connectivity index is 2.71. The van der Waals surface area contributed by atoms with E-state index in [9.17, 15) is 0 Å². The molecule has 2 N–H and O–H groups in total. The van der Waals surface area contributed by atoms with Crippen LogP contribution in [0.15, 0.2) is 22.7 Å². The molecule has 0 aliphatic heterocycles. The Morgan fingerprint density at radius 3 is 2.62 bits per heavy atom. The minimum absolute atomic E-state index is 0.263. The minimum atomic E-state index is 0.263. The molecule has 0 saturated heterocycles. The molecule has 0 aliphatic carbocycles. The molecule has 0 radical (unpaired) electrons. The van der Waals surface area contributed by atoms with E-state index in [1.54, 1.807) is 7.11 Å². The van der Waals surface area contributed by atoms with Crippen LogP contribution in [0.3, 0.4) is 0 Å². The molecule has 3 heteroatoms. The molecule has 16 heavy (non-hydrogen) atoms. The van der Waals surface area contributed by atoms with Crippen LogP contribution >= 0.6 is 15.9 Å². The third-order valence-corrected chi connectivity index (χ3v) is 3.37. The second kappa shape index (κ2) is 6.26. The van der Waals surface area contributed by atoms with Crippen molar-refractivity contribution in [1.29, 1.82) is 0 Å². The lowest BCUT2D eigenvalue weighted by atomic mass is 9.95. The molecular weight excluding hydrogens is 266 g/mol. The van der Waals surface area contributed by atoms with Gasteiger partial charge in [0.15, 0.2) is 0 Å². The Morgan fingerprint density at radius 2 is 2.06 bits per heavy atom. The molecule has 0 bridgehead atoms. The Bertz CT molecular complexity index is 339.